The third kappa shape index (κ3) is 3.27. The highest BCUT2D eigenvalue weighted by molar-refractivity contribution is 6.04. The van der Waals surface area contributed by atoms with E-state index < -0.39 is 12.1 Å². The Hall–Kier alpha value is -2.37. The molecule has 0 spiro atoms. The number of amides is 2. The van der Waals surface area contributed by atoms with Crippen LogP contribution in [0.15, 0.2) is 24.3 Å². The van der Waals surface area contributed by atoms with Crippen LogP contribution in [0.25, 0.3) is 0 Å². The standard InChI is InChI=1S/C16H20N2O4/c1-10-5-3-4-6-12(10)15(20)13-7-8-14(19)18(13)11(2)9-17-16(21)22/h3-6,11,13,17H,7-9H2,1-2H3,(H,21,22). The molecule has 1 fully saturated rings. The average Bonchev–Trinajstić information content (AvgIpc) is 2.86. The first kappa shape index (κ1) is 16.0. The molecule has 1 saturated heterocycles. The van der Waals surface area contributed by atoms with E-state index in [1.54, 1.807) is 19.1 Å². The quantitative estimate of drug-likeness (QED) is 0.812. The smallest absolute Gasteiger partial charge is 0.404 e. The third-order valence-electron chi connectivity index (χ3n) is 3.99. The Balaban J connectivity index is 2.18. The van der Waals surface area contributed by atoms with Gasteiger partial charge in [0, 0.05) is 24.6 Å². The maximum atomic E-state index is 12.7. The molecule has 6 nitrogen and oxygen atoms in total. The zero-order chi connectivity index (χ0) is 16.3. The second-order valence-corrected chi connectivity index (χ2v) is 5.57. The van der Waals surface area contributed by atoms with Gasteiger partial charge in [-0.2, -0.15) is 0 Å². The van der Waals surface area contributed by atoms with E-state index in [0.29, 0.717) is 18.4 Å². The minimum atomic E-state index is -1.14. The number of rotatable bonds is 5. The highest BCUT2D eigenvalue weighted by atomic mass is 16.4. The first-order valence-electron chi connectivity index (χ1n) is 7.29. The zero-order valence-electron chi connectivity index (χ0n) is 12.7. The van der Waals surface area contributed by atoms with E-state index >= 15 is 0 Å². The number of hydrogen-bond donors (Lipinski definition) is 2. The van der Waals surface area contributed by atoms with Crippen molar-refractivity contribution in [2.24, 2.45) is 0 Å². The van der Waals surface area contributed by atoms with Gasteiger partial charge in [0.25, 0.3) is 0 Å². The number of Topliss-reactive ketones (excluding diaryl/α,β-unsaturated/α-hetero) is 1. The van der Waals surface area contributed by atoms with Crippen molar-refractivity contribution in [1.29, 1.82) is 0 Å². The molecule has 0 aromatic heterocycles. The molecular formula is C16H20N2O4. The van der Waals surface area contributed by atoms with Gasteiger partial charge in [-0.1, -0.05) is 24.3 Å². The number of carbonyl (C=O) groups is 3. The summed E-state index contributed by atoms with van der Waals surface area (Å²) in [5, 5.41) is 10.9. The van der Waals surface area contributed by atoms with Crippen LogP contribution in [0.5, 0.6) is 0 Å². The van der Waals surface area contributed by atoms with Crippen molar-refractivity contribution in [3.8, 4) is 0 Å². The van der Waals surface area contributed by atoms with Gasteiger partial charge in [0.15, 0.2) is 5.78 Å². The molecule has 0 bridgehead atoms. The SMILES string of the molecule is Cc1ccccc1C(=O)C1CCC(=O)N1C(C)CNC(=O)O. The van der Waals surface area contributed by atoms with Crippen molar-refractivity contribution in [3.05, 3.63) is 35.4 Å². The molecule has 1 aliphatic heterocycles. The van der Waals surface area contributed by atoms with E-state index in [1.807, 2.05) is 19.1 Å². The van der Waals surface area contributed by atoms with E-state index in [1.165, 1.54) is 4.90 Å². The van der Waals surface area contributed by atoms with Gasteiger partial charge >= 0.3 is 6.09 Å². The van der Waals surface area contributed by atoms with Crippen molar-refractivity contribution in [2.75, 3.05) is 6.54 Å². The summed E-state index contributed by atoms with van der Waals surface area (Å²) in [6, 6.07) is 6.42. The van der Waals surface area contributed by atoms with Crippen molar-refractivity contribution >= 4 is 17.8 Å². The minimum Gasteiger partial charge on any atom is -0.465 e. The Morgan fingerprint density at radius 2 is 2.09 bits per heavy atom. The van der Waals surface area contributed by atoms with Crippen LogP contribution in [0, 0.1) is 6.92 Å². The van der Waals surface area contributed by atoms with Crippen molar-refractivity contribution in [3.63, 3.8) is 0 Å². The highest BCUT2D eigenvalue weighted by Crippen LogP contribution is 2.25. The van der Waals surface area contributed by atoms with Crippen LogP contribution >= 0.6 is 0 Å². The van der Waals surface area contributed by atoms with Crippen LogP contribution in [0.3, 0.4) is 0 Å². The Kier molecular flexibility index (Phi) is 4.80. The molecule has 1 aliphatic rings. The van der Waals surface area contributed by atoms with E-state index in [2.05, 4.69) is 5.32 Å². The number of nitrogens with zero attached hydrogens (tertiary/aromatic N) is 1. The Morgan fingerprint density at radius 1 is 1.41 bits per heavy atom. The predicted molar refractivity (Wildman–Crippen MR) is 80.9 cm³/mol. The number of hydrogen-bond acceptors (Lipinski definition) is 3. The van der Waals surface area contributed by atoms with Gasteiger partial charge in [0.05, 0.1) is 6.04 Å². The Labute approximate surface area is 129 Å². The van der Waals surface area contributed by atoms with Crippen molar-refractivity contribution < 1.29 is 19.5 Å². The lowest BCUT2D eigenvalue weighted by Gasteiger charge is -2.30. The summed E-state index contributed by atoms with van der Waals surface area (Å²) < 4.78 is 0. The number of carboxylic acid groups (broad SMARTS) is 1. The molecule has 2 amide bonds. The second-order valence-electron chi connectivity index (χ2n) is 5.57. The maximum Gasteiger partial charge on any atom is 0.404 e. The predicted octanol–water partition coefficient (Wildman–Crippen LogP) is 1.82. The molecule has 0 radical (unpaired) electrons. The van der Waals surface area contributed by atoms with Crippen molar-refractivity contribution in [2.45, 2.75) is 38.8 Å². The topological polar surface area (TPSA) is 86.7 Å². The normalized spacial score (nSPS) is 19.1. The van der Waals surface area contributed by atoms with E-state index in [4.69, 9.17) is 5.11 Å². The van der Waals surface area contributed by atoms with Gasteiger partial charge < -0.3 is 15.3 Å². The molecule has 1 aromatic carbocycles. The fourth-order valence-corrected chi connectivity index (χ4v) is 2.87. The summed E-state index contributed by atoms with van der Waals surface area (Å²) in [7, 11) is 0. The molecule has 2 unspecified atom stereocenters. The molecule has 22 heavy (non-hydrogen) atoms. The van der Waals surface area contributed by atoms with Crippen LogP contribution in [-0.4, -0.2) is 46.4 Å². The third-order valence-corrected chi connectivity index (χ3v) is 3.99. The van der Waals surface area contributed by atoms with Crippen LogP contribution in [-0.2, 0) is 4.79 Å². The summed E-state index contributed by atoms with van der Waals surface area (Å²) in [6.07, 6.45) is -0.344. The molecule has 118 valence electrons. The lowest BCUT2D eigenvalue weighted by Crippen LogP contribution is -2.49. The molecule has 0 saturated carbocycles. The fraction of sp³-hybridized carbons (Fsp3) is 0.438. The molecule has 1 aromatic rings. The van der Waals surface area contributed by atoms with E-state index in [9.17, 15) is 14.4 Å². The summed E-state index contributed by atoms with van der Waals surface area (Å²) in [5.74, 6) is -0.183. The maximum absolute atomic E-state index is 12.7. The summed E-state index contributed by atoms with van der Waals surface area (Å²) in [4.78, 5) is 36.9. The Bertz CT molecular complexity index is 600. The fourth-order valence-electron chi connectivity index (χ4n) is 2.87. The van der Waals surface area contributed by atoms with Crippen LogP contribution in [0.1, 0.15) is 35.7 Å². The van der Waals surface area contributed by atoms with Gasteiger partial charge in [-0.15, -0.1) is 0 Å². The van der Waals surface area contributed by atoms with Gasteiger partial charge in [0.2, 0.25) is 5.91 Å². The number of likely N-dealkylation sites (tertiary alicyclic amines) is 1. The summed E-state index contributed by atoms with van der Waals surface area (Å²) in [5.41, 5.74) is 1.49. The van der Waals surface area contributed by atoms with Gasteiger partial charge in [0.1, 0.15) is 0 Å². The molecule has 2 rings (SSSR count). The number of benzene rings is 1. The second kappa shape index (κ2) is 6.60. The molecular weight excluding hydrogens is 284 g/mol. The van der Waals surface area contributed by atoms with Crippen LogP contribution < -0.4 is 5.32 Å². The zero-order valence-corrected chi connectivity index (χ0v) is 12.7. The van der Waals surface area contributed by atoms with Crippen molar-refractivity contribution in [1.82, 2.24) is 10.2 Å². The molecule has 2 atom stereocenters. The van der Waals surface area contributed by atoms with Gasteiger partial charge in [-0.05, 0) is 25.8 Å². The van der Waals surface area contributed by atoms with Gasteiger partial charge in [-0.3, -0.25) is 9.59 Å². The molecule has 0 aliphatic carbocycles. The lowest BCUT2D eigenvalue weighted by molar-refractivity contribution is -0.130. The number of carbonyl (C=O) groups excluding carboxylic acids is 2. The summed E-state index contributed by atoms with van der Waals surface area (Å²) >= 11 is 0. The molecule has 1 heterocycles. The lowest BCUT2D eigenvalue weighted by atomic mass is 9.97. The summed E-state index contributed by atoms with van der Waals surface area (Å²) in [6.45, 7) is 3.72. The number of ketones is 1. The number of nitrogens with one attached hydrogen (secondary N) is 1. The average molecular weight is 304 g/mol. The van der Waals surface area contributed by atoms with E-state index in [0.717, 1.165) is 5.56 Å². The minimum absolute atomic E-state index is 0.0777. The van der Waals surface area contributed by atoms with E-state index in [-0.39, 0.29) is 24.3 Å². The van der Waals surface area contributed by atoms with Gasteiger partial charge in [-0.25, -0.2) is 4.79 Å². The van der Waals surface area contributed by atoms with Crippen LogP contribution in [0.4, 0.5) is 4.79 Å². The van der Waals surface area contributed by atoms with Crippen LogP contribution in [0.2, 0.25) is 0 Å². The molecule has 6 heteroatoms. The highest BCUT2D eigenvalue weighted by Gasteiger charge is 2.39. The first-order valence-corrected chi connectivity index (χ1v) is 7.29. The first-order chi connectivity index (χ1) is 10.4. The number of aryl methyl sites for hydroxylation is 1. The largest absolute Gasteiger partial charge is 0.465 e. The molecule has 2 N–H and O–H groups in total. The monoisotopic (exact) mass is 304 g/mol. The Morgan fingerprint density at radius 3 is 2.73 bits per heavy atom.